The molecular formula is C21H23N3O2S2. The number of hydrogen-bond acceptors (Lipinski definition) is 5. The standard InChI is InChI=1S/C21H23N3O2S2/c1-4-24-20(26)16-12(2)13(3)27-19(16)23-21(24)28-17(14-8-6-5-7-9-14)18(25)22-15-10-11-15/h5-9,15,17H,4,10-11H2,1-3H3,(H,22,25)/t17-/m0/s1. The van der Waals surface area contributed by atoms with Gasteiger partial charge in [0.2, 0.25) is 5.91 Å². The van der Waals surface area contributed by atoms with E-state index in [2.05, 4.69) is 5.32 Å². The van der Waals surface area contributed by atoms with E-state index in [-0.39, 0.29) is 17.5 Å². The fourth-order valence-electron chi connectivity index (χ4n) is 3.19. The summed E-state index contributed by atoms with van der Waals surface area (Å²) < 4.78 is 1.69. The Morgan fingerprint density at radius 3 is 2.68 bits per heavy atom. The smallest absolute Gasteiger partial charge is 0.263 e. The summed E-state index contributed by atoms with van der Waals surface area (Å²) in [6, 6.07) is 10.00. The highest BCUT2D eigenvalue weighted by atomic mass is 32.2. The molecule has 1 N–H and O–H groups in total. The Labute approximate surface area is 172 Å². The van der Waals surface area contributed by atoms with Crippen molar-refractivity contribution < 1.29 is 4.79 Å². The zero-order valence-electron chi connectivity index (χ0n) is 16.2. The maximum absolute atomic E-state index is 13.1. The molecule has 2 aromatic heterocycles. The minimum atomic E-state index is -0.439. The monoisotopic (exact) mass is 413 g/mol. The number of carbonyl (C=O) groups is 1. The van der Waals surface area contributed by atoms with Crippen molar-refractivity contribution in [2.24, 2.45) is 0 Å². The van der Waals surface area contributed by atoms with E-state index in [4.69, 9.17) is 4.98 Å². The average Bonchev–Trinajstić information content (AvgIpc) is 3.45. The Hall–Kier alpha value is -2.12. The summed E-state index contributed by atoms with van der Waals surface area (Å²) in [5.74, 6) is -0.0192. The third kappa shape index (κ3) is 3.61. The number of thioether (sulfide) groups is 1. The second-order valence-electron chi connectivity index (χ2n) is 7.10. The summed E-state index contributed by atoms with van der Waals surface area (Å²) in [7, 11) is 0. The summed E-state index contributed by atoms with van der Waals surface area (Å²) in [5, 5.41) is 3.96. The van der Waals surface area contributed by atoms with Gasteiger partial charge in [-0.3, -0.25) is 14.2 Å². The van der Waals surface area contributed by atoms with Crippen LogP contribution in [0.2, 0.25) is 0 Å². The third-order valence-electron chi connectivity index (χ3n) is 5.06. The summed E-state index contributed by atoms with van der Waals surface area (Å²) in [5.41, 5.74) is 1.90. The van der Waals surface area contributed by atoms with Crippen LogP contribution in [-0.2, 0) is 11.3 Å². The zero-order chi connectivity index (χ0) is 19.8. The van der Waals surface area contributed by atoms with Crippen LogP contribution in [-0.4, -0.2) is 21.5 Å². The molecule has 2 heterocycles. The largest absolute Gasteiger partial charge is 0.352 e. The molecule has 1 fully saturated rings. The Balaban J connectivity index is 1.78. The molecular weight excluding hydrogens is 390 g/mol. The predicted molar refractivity (Wildman–Crippen MR) is 115 cm³/mol. The number of amides is 1. The molecule has 1 aliphatic carbocycles. The molecule has 28 heavy (non-hydrogen) atoms. The van der Waals surface area contributed by atoms with Crippen LogP contribution in [0.4, 0.5) is 0 Å². The predicted octanol–water partition coefficient (Wildman–Crippen LogP) is 4.21. The van der Waals surface area contributed by atoms with E-state index in [1.54, 1.807) is 4.57 Å². The minimum absolute atomic E-state index is 0.0192. The van der Waals surface area contributed by atoms with Crippen LogP contribution in [0.5, 0.6) is 0 Å². The molecule has 0 unspecified atom stereocenters. The van der Waals surface area contributed by atoms with Crippen molar-refractivity contribution in [2.75, 3.05) is 0 Å². The Morgan fingerprint density at radius 1 is 1.32 bits per heavy atom. The number of fused-ring (bicyclic) bond motifs is 1. The number of aryl methyl sites for hydroxylation is 2. The zero-order valence-corrected chi connectivity index (χ0v) is 17.8. The highest BCUT2D eigenvalue weighted by molar-refractivity contribution is 8.00. The van der Waals surface area contributed by atoms with E-state index in [9.17, 15) is 9.59 Å². The molecule has 5 nitrogen and oxygen atoms in total. The van der Waals surface area contributed by atoms with Crippen molar-refractivity contribution in [3.63, 3.8) is 0 Å². The van der Waals surface area contributed by atoms with Gasteiger partial charge in [-0.1, -0.05) is 42.1 Å². The minimum Gasteiger partial charge on any atom is -0.352 e. The number of hydrogen-bond donors (Lipinski definition) is 1. The van der Waals surface area contributed by atoms with E-state index in [0.29, 0.717) is 17.1 Å². The number of benzene rings is 1. The molecule has 0 spiro atoms. The number of thiophene rings is 1. The van der Waals surface area contributed by atoms with Gasteiger partial charge in [-0.2, -0.15) is 0 Å². The molecule has 1 amide bonds. The van der Waals surface area contributed by atoms with Crippen LogP contribution in [0, 0.1) is 13.8 Å². The lowest BCUT2D eigenvalue weighted by molar-refractivity contribution is -0.120. The summed E-state index contributed by atoms with van der Waals surface area (Å²) >= 11 is 2.90. The van der Waals surface area contributed by atoms with Crippen molar-refractivity contribution in [3.8, 4) is 0 Å². The SMILES string of the molecule is CCn1c(S[C@H](C(=O)NC2CC2)c2ccccc2)nc2sc(C)c(C)c2c1=O. The number of carbonyl (C=O) groups excluding carboxylic acids is 1. The maximum atomic E-state index is 13.1. The third-order valence-corrected chi connectivity index (χ3v) is 7.40. The quantitative estimate of drug-likeness (QED) is 0.486. The molecule has 4 rings (SSSR count). The molecule has 1 atom stereocenters. The lowest BCUT2D eigenvalue weighted by Crippen LogP contribution is -2.30. The van der Waals surface area contributed by atoms with Gasteiger partial charge in [0.25, 0.3) is 5.56 Å². The van der Waals surface area contributed by atoms with Crippen LogP contribution in [0.1, 0.15) is 41.0 Å². The van der Waals surface area contributed by atoms with Crippen molar-refractivity contribution in [3.05, 3.63) is 56.7 Å². The molecule has 1 aliphatic rings. The molecule has 0 bridgehead atoms. The summed E-state index contributed by atoms with van der Waals surface area (Å²) in [6.07, 6.45) is 2.07. The highest BCUT2D eigenvalue weighted by Crippen LogP contribution is 2.37. The van der Waals surface area contributed by atoms with E-state index in [1.165, 1.54) is 23.1 Å². The summed E-state index contributed by atoms with van der Waals surface area (Å²) in [4.78, 5) is 32.7. The van der Waals surface area contributed by atoms with Gasteiger partial charge in [0.1, 0.15) is 10.1 Å². The van der Waals surface area contributed by atoms with Crippen molar-refractivity contribution >= 4 is 39.2 Å². The number of aromatic nitrogens is 2. The summed E-state index contributed by atoms with van der Waals surface area (Å²) in [6.45, 7) is 6.44. The molecule has 3 aromatic rings. The van der Waals surface area contributed by atoms with Gasteiger partial charge in [-0.25, -0.2) is 4.98 Å². The molecule has 0 saturated heterocycles. The first-order chi connectivity index (χ1) is 13.5. The second-order valence-corrected chi connectivity index (χ2v) is 9.37. The molecule has 1 saturated carbocycles. The van der Waals surface area contributed by atoms with Crippen LogP contribution < -0.4 is 10.9 Å². The van der Waals surface area contributed by atoms with Gasteiger partial charge >= 0.3 is 0 Å². The van der Waals surface area contributed by atoms with Gasteiger partial charge in [0, 0.05) is 17.5 Å². The average molecular weight is 414 g/mol. The van der Waals surface area contributed by atoms with E-state index >= 15 is 0 Å². The van der Waals surface area contributed by atoms with Crippen molar-refractivity contribution in [1.29, 1.82) is 0 Å². The first-order valence-corrected chi connectivity index (χ1v) is 11.2. The normalized spacial score (nSPS) is 15.0. The van der Waals surface area contributed by atoms with Crippen LogP contribution in [0.15, 0.2) is 40.3 Å². The number of rotatable bonds is 6. The van der Waals surface area contributed by atoms with Crippen molar-refractivity contribution in [1.82, 2.24) is 14.9 Å². The molecule has 146 valence electrons. The lowest BCUT2D eigenvalue weighted by atomic mass is 10.1. The van der Waals surface area contributed by atoms with Gasteiger partial charge in [-0.05, 0) is 44.7 Å². The molecule has 7 heteroatoms. The van der Waals surface area contributed by atoms with Crippen LogP contribution in [0.25, 0.3) is 10.2 Å². The molecule has 0 radical (unpaired) electrons. The van der Waals surface area contributed by atoms with Gasteiger partial charge in [-0.15, -0.1) is 11.3 Å². The molecule has 0 aliphatic heterocycles. The van der Waals surface area contributed by atoms with Crippen LogP contribution >= 0.6 is 23.1 Å². The maximum Gasteiger partial charge on any atom is 0.263 e. The van der Waals surface area contributed by atoms with Gasteiger partial charge in [0.15, 0.2) is 5.16 Å². The lowest BCUT2D eigenvalue weighted by Gasteiger charge is -2.18. The van der Waals surface area contributed by atoms with E-state index in [0.717, 1.165) is 33.7 Å². The first kappa shape index (κ1) is 19.2. The Bertz CT molecular complexity index is 1080. The fourth-order valence-corrected chi connectivity index (χ4v) is 5.43. The number of nitrogens with zero attached hydrogens (tertiary/aromatic N) is 2. The van der Waals surface area contributed by atoms with Crippen molar-refractivity contribution in [2.45, 2.75) is 56.6 Å². The fraction of sp³-hybridized carbons (Fsp3) is 0.381. The topological polar surface area (TPSA) is 64.0 Å². The Morgan fingerprint density at radius 2 is 2.04 bits per heavy atom. The van der Waals surface area contributed by atoms with Gasteiger partial charge < -0.3 is 5.32 Å². The Kier molecular flexibility index (Phi) is 5.29. The van der Waals surface area contributed by atoms with Crippen LogP contribution in [0.3, 0.4) is 0 Å². The highest BCUT2D eigenvalue weighted by Gasteiger charge is 2.30. The van der Waals surface area contributed by atoms with Gasteiger partial charge in [0.05, 0.1) is 5.39 Å². The van der Waals surface area contributed by atoms with E-state index in [1.807, 2.05) is 51.1 Å². The first-order valence-electron chi connectivity index (χ1n) is 9.52. The molecule has 1 aromatic carbocycles. The number of nitrogens with one attached hydrogen (secondary N) is 1. The van der Waals surface area contributed by atoms with E-state index < -0.39 is 5.25 Å². The second kappa shape index (κ2) is 7.72.